The number of amides is 1. The summed E-state index contributed by atoms with van der Waals surface area (Å²) in [4.78, 5) is 22.1. The number of rotatable bonds is 5. The highest BCUT2D eigenvalue weighted by molar-refractivity contribution is 7.20. The van der Waals surface area contributed by atoms with Gasteiger partial charge in [0.05, 0.1) is 0 Å². The SMILES string of the molecule is CCC(=O)N1CCN(c2nn3c(NC4CCCC4)c(-c4cccc(C)c4)nc3s2)CC1. The van der Waals surface area contributed by atoms with Crippen LogP contribution in [0.25, 0.3) is 16.2 Å². The number of fused-ring (bicyclic) bond motifs is 1. The molecule has 3 aromatic rings. The summed E-state index contributed by atoms with van der Waals surface area (Å²) >= 11 is 1.63. The van der Waals surface area contributed by atoms with Crippen LogP contribution in [0.5, 0.6) is 0 Å². The van der Waals surface area contributed by atoms with Gasteiger partial charge in [-0.15, -0.1) is 5.10 Å². The number of aromatic nitrogens is 3. The molecule has 5 rings (SSSR count). The van der Waals surface area contributed by atoms with E-state index in [2.05, 4.69) is 41.4 Å². The molecule has 0 unspecified atom stereocenters. The average Bonchev–Trinajstić information content (AvgIpc) is 3.51. The molecular formula is C23H30N6OS. The molecule has 0 atom stereocenters. The maximum atomic E-state index is 12.0. The second-order valence-corrected chi connectivity index (χ2v) is 9.54. The molecule has 0 spiro atoms. The minimum atomic E-state index is 0.236. The van der Waals surface area contributed by atoms with E-state index in [1.165, 1.54) is 31.2 Å². The summed E-state index contributed by atoms with van der Waals surface area (Å²) in [6.07, 6.45) is 5.53. The van der Waals surface area contributed by atoms with E-state index < -0.39 is 0 Å². The fraction of sp³-hybridized carbons (Fsp3) is 0.522. The lowest BCUT2D eigenvalue weighted by atomic mass is 10.1. The highest BCUT2D eigenvalue weighted by Gasteiger charge is 2.26. The Kier molecular flexibility index (Phi) is 5.56. The van der Waals surface area contributed by atoms with E-state index in [-0.39, 0.29) is 5.91 Å². The molecule has 164 valence electrons. The normalized spacial score (nSPS) is 17.6. The zero-order chi connectivity index (χ0) is 21.4. The van der Waals surface area contributed by atoms with E-state index in [4.69, 9.17) is 10.1 Å². The largest absolute Gasteiger partial charge is 0.365 e. The Bertz CT molecular complexity index is 1080. The maximum absolute atomic E-state index is 12.0. The van der Waals surface area contributed by atoms with E-state index >= 15 is 0 Å². The number of hydrogen-bond donors (Lipinski definition) is 1. The Morgan fingerprint density at radius 3 is 2.68 bits per heavy atom. The molecule has 2 fully saturated rings. The smallest absolute Gasteiger partial charge is 0.222 e. The van der Waals surface area contributed by atoms with Crippen LogP contribution in [-0.2, 0) is 4.79 Å². The number of carbonyl (C=O) groups excluding carboxylic acids is 1. The van der Waals surface area contributed by atoms with Gasteiger partial charge < -0.3 is 15.1 Å². The summed E-state index contributed by atoms with van der Waals surface area (Å²) in [6, 6.07) is 9.01. The number of nitrogens with one attached hydrogen (secondary N) is 1. The first-order valence-corrected chi connectivity index (χ1v) is 12.2. The van der Waals surface area contributed by atoms with E-state index in [1.807, 2.05) is 16.3 Å². The summed E-state index contributed by atoms with van der Waals surface area (Å²) < 4.78 is 2.00. The molecule has 1 aromatic carbocycles. The summed E-state index contributed by atoms with van der Waals surface area (Å²) in [6.45, 7) is 7.20. The van der Waals surface area contributed by atoms with Gasteiger partial charge in [-0.3, -0.25) is 4.79 Å². The van der Waals surface area contributed by atoms with Crippen molar-refractivity contribution in [1.82, 2.24) is 19.5 Å². The molecule has 7 nitrogen and oxygen atoms in total. The van der Waals surface area contributed by atoms with Crippen molar-refractivity contribution in [2.24, 2.45) is 0 Å². The molecule has 0 bridgehead atoms. The van der Waals surface area contributed by atoms with Crippen molar-refractivity contribution in [2.45, 2.75) is 52.0 Å². The molecule has 1 N–H and O–H groups in total. The van der Waals surface area contributed by atoms with Crippen molar-refractivity contribution in [2.75, 3.05) is 36.4 Å². The lowest BCUT2D eigenvalue weighted by Crippen LogP contribution is -2.48. The number of carbonyl (C=O) groups is 1. The van der Waals surface area contributed by atoms with Crippen molar-refractivity contribution in [1.29, 1.82) is 0 Å². The van der Waals surface area contributed by atoms with Crippen LogP contribution < -0.4 is 10.2 Å². The van der Waals surface area contributed by atoms with Crippen LogP contribution in [-0.4, -0.2) is 57.6 Å². The molecule has 0 radical (unpaired) electrons. The monoisotopic (exact) mass is 438 g/mol. The van der Waals surface area contributed by atoms with E-state index in [0.29, 0.717) is 12.5 Å². The van der Waals surface area contributed by atoms with Gasteiger partial charge in [-0.05, 0) is 25.8 Å². The highest BCUT2D eigenvalue weighted by atomic mass is 32.1. The molecule has 1 saturated carbocycles. The Labute approximate surface area is 187 Å². The van der Waals surface area contributed by atoms with Gasteiger partial charge >= 0.3 is 0 Å². The van der Waals surface area contributed by atoms with Gasteiger partial charge in [0.25, 0.3) is 0 Å². The third-order valence-corrected chi connectivity index (χ3v) is 7.35. The number of aryl methyl sites for hydroxylation is 1. The third-order valence-electron chi connectivity index (χ3n) is 6.39. The Hall–Kier alpha value is -2.61. The lowest BCUT2D eigenvalue weighted by Gasteiger charge is -2.34. The first-order chi connectivity index (χ1) is 15.1. The van der Waals surface area contributed by atoms with Crippen LogP contribution in [0.4, 0.5) is 10.9 Å². The summed E-state index contributed by atoms with van der Waals surface area (Å²) in [5, 5.41) is 9.72. The molecule has 3 heterocycles. The molecule has 2 aliphatic rings. The molecule has 8 heteroatoms. The summed E-state index contributed by atoms with van der Waals surface area (Å²) in [5.41, 5.74) is 3.35. The Morgan fingerprint density at radius 2 is 1.97 bits per heavy atom. The number of nitrogens with zero attached hydrogens (tertiary/aromatic N) is 5. The topological polar surface area (TPSA) is 65.8 Å². The zero-order valence-electron chi connectivity index (χ0n) is 18.3. The minimum Gasteiger partial charge on any atom is -0.365 e. The van der Waals surface area contributed by atoms with Gasteiger partial charge in [-0.25, -0.2) is 4.98 Å². The van der Waals surface area contributed by atoms with Crippen molar-refractivity contribution in [3.8, 4) is 11.3 Å². The van der Waals surface area contributed by atoms with Crippen molar-refractivity contribution < 1.29 is 4.79 Å². The predicted molar refractivity (Wildman–Crippen MR) is 126 cm³/mol. The standard InChI is InChI=1S/C23H30N6OS/c1-3-19(30)27-11-13-28(14-12-27)23-26-29-21(24-18-9-4-5-10-18)20(25-22(29)31-23)17-8-6-7-16(2)15-17/h6-8,15,18,24H,3-5,9-14H2,1-2H3. The van der Waals surface area contributed by atoms with Crippen LogP contribution >= 0.6 is 11.3 Å². The van der Waals surface area contributed by atoms with Crippen molar-refractivity contribution in [3.05, 3.63) is 29.8 Å². The zero-order valence-corrected chi connectivity index (χ0v) is 19.1. The van der Waals surface area contributed by atoms with E-state index in [9.17, 15) is 4.79 Å². The second kappa shape index (κ2) is 8.49. The van der Waals surface area contributed by atoms with Gasteiger partial charge in [0, 0.05) is 44.2 Å². The summed E-state index contributed by atoms with van der Waals surface area (Å²) in [7, 11) is 0. The summed E-state index contributed by atoms with van der Waals surface area (Å²) in [5.74, 6) is 1.24. The van der Waals surface area contributed by atoms with Crippen LogP contribution in [0.15, 0.2) is 24.3 Å². The van der Waals surface area contributed by atoms with Gasteiger partial charge in [-0.2, -0.15) is 4.52 Å². The van der Waals surface area contributed by atoms with E-state index in [0.717, 1.165) is 53.3 Å². The molecule has 2 aromatic heterocycles. The Morgan fingerprint density at radius 1 is 1.19 bits per heavy atom. The van der Waals surface area contributed by atoms with Crippen LogP contribution in [0.3, 0.4) is 0 Å². The fourth-order valence-corrected chi connectivity index (χ4v) is 5.58. The molecule has 1 saturated heterocycles. The lowest BCUT2D eigenvalue weighted by molar-refractivity contribution is -0.131. The predicted octanol–water partition coefficient (Wildman–Crippen LogP) is 4.18. The number of benzene rings is 1. The van der Waals surface area contributed by atoms with Crippen molar-refractivity contribution >= 4 is 33.2 Å². The number of imidazole rings is 1. The maximum Gasteiger partial charge on any atom is 0.222 e. The first kappa shape index (κ1) is 20.3. The highest BCUT2D eigenvalue weighted by Crippen LogP contribution is 2.35. The van der Waals surface area contributed by atoms with Crippen molar-refractivity contribution in [3.63, 3.8) is 0 Å². The fourth-order valence-electron chi connectivity index (χ4n) is 4.62. The van der Waals surface area contributed by atoms with Crippen LogP contribution in [0, 0.1) is 6.92 Å². The molecule has 1 aliphatic heterocycles. The third kappa shape index (κ3) is 4.01. The number of piperazine rings is 1. The quantitative estimate of drug-likeness (QED) is 0.647. The van der Waals surface area contributed by atoms with Gasteiger partial charge in [0.15, 0.2) is 5.82 Å². The number of hydrogen-bond acceptors (Lipinski definition) is 6. The van der Waals surface area contributed by atoms with Gasteiger partial charge in [-0.1, -0.05) is 54.9 Å². The molecule has 1 amide bonds. The molecule has 1 aliphatic carbocycles. The number of anilines is 2. The van der Waals surface area contributed by atoms with Crippen LogP contribution in [0.1, 0.15) is 44.6 Å². The average molecular weight is 439 g/mol. The minimum absolute atomic E-state index is 0.236. The second-order valence-electron chi connectivity index (χ2n) is 8.60. The van der Waals surface area contributed by atoms with Crippen LogP contribution in [0.2, 0.25) is 0 Å². The van der Waals surface area contributed by atoms with Gasteiger partial charge in [0.1, 0.15) is 5.69 Å². The molecule has 31 heavy (non-hydrogen) atoms. The Balaban J connectivity index is 1.46. The van der Waals surface area contributed by atoms with Gasteiger partial charge in [0.2, 0.25) is 16.0 Å². The molecular weight excluding hydrogens is 408 g/mol. The van der Waals surface area contributed by atoms with E-state index in [1.54, 1.807) is 11.3 Å². The first-order valence-electron chi connectivity index (χ1n) is 11.4.